The average molecular weight is 523 g/mol. The third-order valence-corrected chi connectivity index (χ3v) is 8.15. The lowest BCUT2D eigenvalue weighted by atomic mass is 10.0. The Morgan fingerprint density at radius 3 is 1.27 bits per heavy atom. The zero-order valence-electron chi connectivity index (χ0n) is 16.9. The van der Waals surface area contributed by atoms with Gasteiger partial charge >= 0.3 is 5.24 Å². The van der Waals surface area contributed by atoms with E-state index in [1.807, 2.05) is 0 Å². The van der Waals surface area contributed by atoms with E-state index in [4.69, 9.17) is 16.4 Å². The van der Waals surface area contributed by atoms with E-state index in [1.54, 1.807) is 22.0 Å². The fourth-order valence-electron chi connectivity index (χ4n) is 3.20. The first-order chi connectivity index (χ1) is 12.6. The van der Waals surface area contributed by atoms with Crippen LogP contribution in [-0.4, -0.2) is 6.61 Å². The number of halogens is 2. The lowest BCUT2D eigenvalue weighted by Gasteiger charge is -2.07. The van der Waals surface area contributed by atoms with Crippen LogP contribution in [0.25, 0.3) is 0 Å². The summed E-state index contributed by atoms with van der Waals surface area (Å²) in [6.45, 7) is 2.74. The van der Waals surface area contributed by atoms with Gasteiger partial charge in [0.25, 0.3) is 0 Å². The van der Waals surface area contributed by atoms with Gasteiger partial charge in [0.1, 0.15) is 0 Å². The topological polar surface area (TPSA) is 35.5 Å². The van der Waals surface area contributed by atoms with Crippen molar-refractivity contribution in [2.24, 2.45) is 0 Å². The van der Waals surface area contributed by atoms with Crippen LogP contribution in [0.3, 0.4) is 0 Å². The SMILES string of the molecule is CCCCCCCCCCCCCCCCCCCCOP(=O)(I)OCl. The van der Waals surface area contributed by atoms with Crippen molar-refractivity contribution in [2.75, 3.05) is 6.61 Å². The summed E-state index contributed by atoms with van der Waals surface area (Å²) in [4.78, 5) is 0. The van der Waals surface area contributed by atoms with Gasteiger partial charge in [0, 0.05) is 0 Å². The molecule has 0 aliphatic carbocycles. The molecule has 0 fully saturated rings. The van der Waals surface area contributed by atoms with E-state index in [0.717, 1.165) is 12.8 Å². The fraction of sp³-hybridized carbons (Fsp3) is 1.00. The van der Waals surface area contributed by atoms with Crippen LogP contribution in [0.1, 0.15) is 122 Å². The maximum absolute atomic E-state index is 11.4. The predicted molar refractivity (Wildman–Crippen MR) is 123 cm³/mol. The van der Waals surface area contributed by atoms with Gasteiger partial charge in [-0.15, -0.1) is 0 Å². The standard InChI is InChI=1S/C20H41ClIO3P/c1-2-3-4-5-6-7-8-9-10-11-12-13-14-15-16-17-18-19-20-24-26(22,23)25-21/h2-20H2,1H3. The Kier molecular flexibility index (Phi) is 21.8. The van der Waals surface area contributed by atoms with Crippen LogP contribution in [0.15, 0.2) is 0 Å². The minimum atomic E-state index is -3.03. The number of rotatable bonds is 21. The highest BCUT2D eigenvalue weighted by atomic mass is 127. The molecule has 0 saturated heterocycles. The van der Waals surface area contributed by atoms with E-state index in [-0.39, 0.29) is 0 Å². The molecule has 1 unspecified atom stereocenters. The summed E-state index contributed by atoms with van der Waals surface area (Å²) >= 11 is 6.71. The molecular formula is C20H41ClIO3P. The van der Waals surface area contributed by atoms with E-state index >= 15 is 0 Å². The van der Waals surface area contributed by atoms with Crippen molar-refractivity contribution in [1.82, 2.24) is 0 Å². The van der Waals surface area contributed by atoms with Crippen molar-refractivity contribution >= 4 is 39.1 Å². The molecule has 0 aliphatic heterocycles. The second-order valence-electron chi connectivity index (χ2n) is 7.34. The van der Waals surface area contributed by atoms with Crippen LogP contribution in [-0.2, 0) is 13.2 Å². The van der Waals surface area contributed by atoms with Crippen LogP contribution >= 0.6 is 39.1 Å². The van der Waals surface area contributed by atoms with E-state index in [9.17, 15) is 4.57 Å². The van der Waals surface area contributed by atoms with E-state index < -0.39 is 5.24 Å². The van der Waals surface area contributed by atoms with Crippen LogP contribution in [0.2, 0.25) is 0 Å². The second kappa shape index (κ2) is 20.9. The first kappa shape index (κ1) is 27.2. The molecule has 0 spiro atoms. The number of hydrogen-bond donors (Lipinski definition) is 0. The molecule has 0 heterocycles. The largest absolute Gasteiger partial charge is 0.405 e. The fourth-order valence-corrected chi connectivity index (χ4v) is 4.29. The lowest BCUT2D eigenvalue weighted by Crippen LogP contribution is -1.90. The predicted octanol–water partition coefficient (Wildman–Crippen LogP) is 9.76. The molecule has 0 aromatic rings. The van der Waals surface area contributed by atoms with Gasteiger partial charge in [-0.2, -0.15) is 4.08 Å². The van der Waals surface area contributed by atoms with Crippen LogP contribution < -0.4 is 0 Å². The van der Waals surface area contributed by atoms with Crippen molar-refractivity contribution in [2.45, 2.75) is 122 Å². The minimum absolute atomic E-state index is 0.464. The maximum Gasteiger partial charge on any atom is 0.405 e. The Labute approximate surface area is 180 Å². The molecule has 0 bridgehead atoms. The number of unbranched alkanes of at least 4 members (excludes halogenated alkanes) is 17. The zero-order chi connectivity index (χ0) is 19.3. The van der Waals surface area contributed by atoms with Gasteiger partial charge in [-0.3, -0.25) is 0 Å². The Morgan fingerprint density at radius 2 is 0.962 bits per heavy atom. The molecular weight excluding hydrogens is 482 g/mol. The van der Waals surface area contributed by atoms with Crippen LogP contribution in [0.4, 0.5) is 0 Å². The molecule has 6 heteroatoms. The molecule has 158 valence electrons. The van der Waals surface area contributed by atoms with Crippen LogP contribution in [0, 0.1) is 0 Å². The second-order valence-corrected chi connectivity index (χ2v) is 12.6. The highest BCUT2D eigenvalue weighted by Gasteiger charge is 2.18. The van der Waals surface area contributed by atoms with Gasteiger partial charge in [-0.1, -0.05) is 116 Å². The smallest absolute Gasteiger partial charge is 0.300 e. The third kappa shape index (κ3) is 21.5. The normalized spacial score (nSPS) is 13.8. The number of hydrogen-bond acceptors (Lipinski definition) is 3. The van der Waals surface area contributed by atoms with Crippen molar-refractivity contribution < 1.29 is 13.2 Å². The van der Waals surface area contributed by atoms with Crippen molar-refractivity contribution in [3.8, 4) is 0 Å². The van der Waals surface area contributed by atoms with E-state index in [0.29, 0.717) is 6.61 Å². The summed E-state index contributed by atoms with van der Waals surface area (Å²) in [5.74, 6) is 0. The first-order valence-corrected chi connectivity index (χ1v) is 15.5. The molecule has 0 aromatic carbocycles. The maximum atomic E-state index is 11.4. The summed E-state index contributed by atoms with van der Waals surface area (Å²) in [5.41, 5.74) is 0. The molecule has 3 nitrogen and oxygen atoms in total. The quantitative estimate of drug-likeness (QED) is 0.0854. The van der Waals surface area contributed by atoms with Gasteiger partial charge in [-0.05, 0) is 6.42 Å². The van der Waals surface area contributed by atoms with E-state index in [2.05, 4.69) is 11.0 Å². The summed E-state index contributed by atoms with van der Waals surface area (Å²) in [5, 5.41) is -3.03. The average Bonchev–Trinajstić information content (AvgIpc) is 2.63. The molecule has 0 rings (SSSR count). The summed E-state index contributed by atoms with van der Waals surface area (Å²) in [7, 11) is 0. The summed E-state index contributed by atoms with van der Waals surface area (Å²) < 4.78 is 20.7. The zero-order valence-corrected chi connectivity index (χ0v) is 20.7. The van der Waals surface area contributed by atoms with Gasteiger partial charge < -0.3 is 4.52 Å². The van der Waals surface area contributed by atoms with E-state index in [1.165, 1.54) is 103 Å². The van der Waals surface area contributed by atoms with Crippen molar-refractivity contribution in [1.29, 1.82) is 0 Å². The lowest BCUT2D eigenvalue weighted by molar-refractivity contribution is 0.279. The summed E-state index contributed by atoms with van der Waals surface area (Å²) in [6, 6.07) is 0. The Morgan fingerprint density at radius 1 is 0.654 bits per heavy atom. The molecule has 0 N–H and O–H groups in total. The molecule has 0 aliphatic rings. The van der Waals surface area contributed by atoms with Gasteiger partial charge in [0.2, 0.25) is 0 Å². The molecule has 0 radical (unpaired) electrons. The van der Waals surface area contributed by atoms with Gasteiger partial charge in [0.15, 0.2) is 0 Å². The molecule has 0 amide bonds. The van der Waals surface area contributed by atoms with Gasteiger partial charge in [0.05, 0.1) is 40.5 Å². The van der Waals surface area contributed by atoms with Gasteiger partial charge in [-0.25, -0.2) is 4.57 Å². The molecule has 0 aromatic heterocycles. The Balaban J connectivity index is 3.06. The van der Waals surface area contributed by atoms with Crippen molar-refractivity contribution in [3.05, 3.63) is 0 Å². The highest BCUT2D eigenvalue weighted by Crippen LogP contribution is 2.57. The monoisotopic (exact) mass is 522 g/mol. The first-order valence-electron chi connectivity index (χ1n) is 10.9. The Hall–Kier alpha value is 1.17. The van der Waals surface area contributed by atoms with Crippen molar-refractivity contribution in [3.63, 3.8) is 0 Å². The highest BCUT2D eigenvalue weighted by molar-refractivity contribution is 14.2. The molecule has 0 saturated carbocycles. The Bertz CT molecular complexity index is 332. The molecule has 1 atom stereocenters. The minimum Gasteiger partial charge on any atom is -0.300 e. The summed E-state index contributed by atoms with van der Waals surface area (Å²) in [6.07, 6.45) is 24.4. The van der Waals surface area contributed by atoms with Crippen LogP contribution in [0.5, 0.6) is 0 Å². The molecule has 26 heavy (non-hydrogen) atoms. The third-order valence-electron chi connectivity index (χ3n) is 4.83.